The van der Waals surface area contributed by atoms with E-state index in [-0.39, 0.29) is 41.1 Å². The van der Waals surface area contributed by atoms with Crippen LogP contribution >= 0.6 is 34.9 Å². The number of rotatable bonds is 12. The Hall–Kier alpha value is -0.780. The molecule has 1 aromatic carbocycles. The summed E-state index contributed by atoms with van der Waals surface area (Å²) in [6, 6.07) is 3.34. The Morgan fingerprint density at radius 2 is 1.97 bits per heavy atom. The summed E-state index contributed by atoms with van der Waals surface area (Å²) >= 11 is 4.11. The van der Waals surface area contributed by atoms with Gasteiger partial charge in [0.2, 0.25) is 0 Å². The van der Waals surface area contributed by atoms with Crippen molar-refractivity contribution < 1.29 is 24.5 Å². The predicted octanol–water partition coefficient (Wildman–Crippen LogP) is 4.14. The zero-order valence-electron chi connectivity index (χ0n) is 17.5. The summed E-state index contributed by atoms with van der Waals surface area (Å²) in [5, 5.41) is 26.8. The number of phenols is 1. The van der Waals surface area contributed by atoms with Gasteiger partial charge in [0.25, 0.3) is 0 Å². The second-order valence-corrected chi connectivity index (χ2v) is 10.1. The molecule has 0 fully saturated rings. The number of carbonyl (C=O) groups excluding carboxylic acids is 1. The van der Waals surface area contributed by atoms with E-state index in [1.54, 1.807) is 30.8 Å². The van der Waals surface area contributed by atoms with Crippen molar-refractivity contribution in [2.75, 3.05) is 12.4 Å². The minimum Gasteiger partial charge on any atom is -0.507 e. The molecule has 11 heteroatoms. The van der Waals surface area contributed by atoms with Crippen LogP contribution in [0.2, 0.25) is 0 Å². The van der Waals surface area contributed by atoms with Crippen molar-refractivity contribution >= 4 is 76.2 Å². The number of ether oxygens (including phenoxy) is 1. The first-order chi connectivity index (χ1) is 13.8. The smallest absolute Gasteiger partial charge is 0.316 e. The summed E-state index contributed by atoms with van der Waals surface area (Å²) in [6.45, 7) is 5.53. The van der Waals surface area contributed by atoms with E-state index < -0.39 is 11.2 Å². The Balaban J connectivity index is 0.00000450. The molecule has 0 amide bonds. The standard InChI is InChI=1S/C19H24N2O5S3.Na/c1-4-6-14-15(8-7-13(11(2)22)16(14)23)26-9-5-10-27-18-20-21-19(29-18)28-12(3)17(24)25;/h7-8,12,23H,4-6,9-10H2,1-3H3,(H,24,25);. The second kappa shape index (κ2) is 13.6. The minimum absolute atomic E-state index is 0. The predicted molar refractivity (Wildman–Crippen MR) is 122 cm³/mol. The topological polar surface area (TPSA) is 110 Å². The van der Waals surface area contributed by atoms with E-state index in [4.69, 9.17) is 9.84 Å². The van der Waals surface area contributed by atoms with Gasteiger partial charge in [-0.25, -0.2) is 0 Å². The maximum atomic E-state index is 11.6. The van der Waals surface area contributed by atoms with E-state index in [0.717, 1.165) is 22.9 Å². The monoisotopic (exact) mass is 479 g/mol. The second-order valence-electron chi connectivity index (χ2n) is 6.23. The van der Waals surface area contributed by atoms with Gasteiger partial charge in [0.05, 0.1) is 12.2 Å². The van der Waals surface area contributed by atoms with Crippen molar-refractivity contribution in [3.05, 3.63) is 23.3 Å². The fourth-order valence-electron chi connectivity index (χ4n) is 2.43. The Kier molecular flexibility index (Phi) is 12.3. The molecule has 0 spiro atoms. The van der Waals surface area contributed by atoms with Crippen molar-refractivity contribution in [1.29, 1.82) is 0 Å². The third kappa shape index (κ3) is 8.05. The van der Waals surface area contributed by atoms with Crippen molar-refractivity contribution in [2.24, 2.45) is 0 Å². The number of thioether (sulfide) groups is 2. The number of aliphatic carboxylic acids is 1. The summed E-state index contributed by atoms with van der Waals surface area (Å²) in [5.74, 6) is 0.350. The maximum Gasteiger partial charge on any atom is 0.316 e. The van der Waals surface area contributed by atoms with E-state index in [0.29, 0.717) is 34.2 Å². The third-order valence-corrected chi connectivity index (χ3v) is 7.22. The van der Waals surface area contributed by atoms with Gasteiger partial charge in [0, 0.05) is 40.9 Å². The Morgan fingerprint density at radius 3 is 2.60 bits per heavy atom. The number of benzene rings is 1. The fourth-order valence-corrected chi connectivity index (χ4v) is 5.52. The molecule has 1 heterocycles. The number of carbonyl (C=O) groups is 2. The van der Waals surface area contributed by atoms with Gasteiger partial charge in [-0.3, -0.25) is 9.59 Å². The number of hydrogen-bond donors (Lipinski definition) is 2. The Labute approximate surface area is 210 Å². The molecule has 1 radical (unpaired) electrons. The molecule has 0 aliphatic carbocycles. The van der Waals surface area contributed by atoms with Crippen LogP contribution in [0.5, 0.6) is 11.5 Å². The fraction of sp³-hybridized carbons (Fsp3) is 0.474. The third-order valence-electron chi connectivity index (χ3n) is 3.90. The number of aromatic hydroxyl groups is 1. The van der Waals surface area contributed by atoms with Crippen molar-refractivity contribution in [2.45, 2.75) is 54.0 Å². The number of nitrogens with zero attached hydrogens (tertiary/aromatic N) is 2. The molecule has 2 N–H and O–H groups in total. The first-order valence-corrected chi connectivity index (χ1v) is 11.9. The van der Waals surface area contributed by atoms with Crippen molar-refractivity contribution in [3.63, 3.8) is 0 Å². The zero-order valence-corrected chi connectivity index (χ0v) is 22.0. The molecule has 1 atom stereocenters. The molecule has 0 bridgehead atoms. The normalized spacial score (nSPS) is 11.6. The number of ketones is 1. The molecule has 0 saturated heterocycles. The average molecular weight is 480 g/mol. The van der Waals surface area contributed by atoms with Crippen LogP contribution in [0.3, 0.4) is 0 Å². The summed E-state index contributed by atoms with van der Waals surface area (Å²) in [5.41, 5.74) is 0.990. The van der Waals surface area contributed by atoms with Crippen LogP contribution in [0.1, 0.15) is 49.5 Å². The molecule has 1 unspecified atom stereocenters. The molecule has 0 aliphatic rings. The van der Waals surface area contributed by atoms with E-state index in [1.165, 1.54) is 30.0 Å². The van der Waals surface area contributed by atoms with Gasteiger partial charge in [-0.1, -0.05) is 48.2 Å². The summed E-state index contributed by atoms with van der Waals surface area (Å²) in [4.78, 5) is 22.5. The summed E-state index contributed by atoms with van der Waals surface area (Å²) < 4.78 is 7.28. The SMILES string of the molecule is CCCc1c(OCCCSc2nnc(SC(C)C(=O)O)s2)ccc(C(C)=O)c1O.[Na]. The largest absolute Gasteiger partial charge is 0.507 e. The van der Waals surface area contributed by atoms with Gasteiger partial charge in [-0.05, 0) is 38.8 Å². The molecule has 7 nitrogen and oxygen atoms in total. The summed E-state index contributed by atoms with van der Waals surface area (Å²) in [7, 11) is 0. The van der Waals surface area contributed by atoms with Crippen molar-refractivity contribution in [1.82, 2.24) is 10.2 Å². The summed E-state index contributed by atoms with van der Waals surface area (Å²) in [6.07, 6.45) is 2.23. The molecular formula is C19H24N2NaO5S3. The molecule has 2 aromatic rings. The van der Waals surface area contributed by atoms with Gasteiger partial charge in [-0.15, -0.1) is 10.2 Å². The number of hydrogen-bond acceptors (Lipinski definition) is 9. The number of Topliss-reactive ketones (excluding diaryl/α,β-unsaturated/α-hetero) is 1. The van der Waals surface area contributed by atoms with Gasteiger partial charge in [0.15, 0.2) is 14.5 Å². The molecule has 1 aromatic heterocycles. The molecule has 0 aliphatic heterocycles. The quantitative estimate of drug-likeness (QED) is 0.201. The molecule has 30 heavy (non-hydrogen) atoms. The van der Waals surface area contributed by atoms with Crippen LogP contribution in [0.15, 0.2) is 20.8 Å². The van der Waals surface area contributed by atoms with Crippen LogP contribution in [-0.2, 0) is 11.2 Å². The van der Waals surface area contributed by atoms with Gasteiger partial charge < -0.3 is 14.9 Å². The van der Waals surface area contributed by atoms with Crippen LogP contribution < -0.4 is 4.74 Å². The van der Waals surface area contributed by atoms with Gasteiger partial charge >= 0.3 is 5.97 Å². The van der Waals surface area contributed by atoms with Crippen LogP contribution in [0.4, 0.5) is 0 Å². The number of carboxylic acids is 1. The van der Waals surface area contributed by atoms with Crippen molar-refractivity contribution in [3.8, 4) is 11.5 Å². The van der Waals surface area contributed by atoms with Gasteiger partial charge in [0.1, 0.15) is 16.7 Å². The van der Waals surface area contributed by atoms with Crippen LogP contribution in [-0.4, -0.2) is 79.3 Å². The Bertz CT molecular complexity index is 863. The van der Waals surface area contributed by atoms with E-state index in [2.05, 4.69) is 10.2 Å². The number of carboxylic acid groups (broad SMARTS) is 1. The number of aromatic nitrogens is 2. The first-order valence-electron chi connectivity index (χ1n) is 9.17. The average Bonchev–Trinajstić information content (AvgIpc) is 3.10. The number of phenolic OH excluding ortho intramolecular Hbond substituents is 1. The van der Waals surface area contributed by atoms with E-state index >= 15 is 0 Å². The maximum absolute atomic E-state index is 11.6. The molecular weight excluding hydrogens is 455 g/mol. The molecule has 2 rings (SSSR count). The molecule has 159 valence electrons. The van der Waals surface area contributed by atoms with Gasteiger partial charge in [-0.2, -0.15) is 0 Å². The van der Waals surface area contributed by atoms with E-state index in [1.807, 2.05) is 6.92 Å². The first kappa shape index (κ1) is 27.3. The molecule has 0 saturated carbocycles. The van der Waals surface area contributed by atoms with E-state index in [9.17, 15) is 14.7 Å². The van der Waals surface area contributed by atoms with Crippen LogP contribution in [0, 0.1) is 0 Å². The minimum atomic E-state index is -0.874. The Morgan fingerprint density at radius 1 is 1.27 bits per heavy atom. The van der Waals surface area contributed by atoms with Crippen LogP contribution in [0.25, 0.3) is 0 Å². The zero-order chi connectivity index (χ0) is 21.4.